The second-order valence-electron chi connectivity index (χ2n) is 5.36. The van der Waals surface area contributed by atoms with Gasteiger partial charge in [0.05, 0.1) is 10.4 Å². The zero-order valence-electron chi connectivity index (χ0n) is 11.6. The smallest absolute Gasteiger partial charge is 0.0701 e. The number of hydrogen-bond acceptors (Lipinski definition) is 3. The van der Waals surface area contributed by atoms with Crippen molar-refractivity contribution >= 4 is 27.3 Å². The van der Waals surface area contributed by atoms with Gasteiger partial charge in [-0.05, 0) is 59.3 Å². The lowest BCUT2D eigenvalue weighted by Crippen LogP contribution is -2.25. The summed E-state index contributed by atoms with van der Waals surface area (Å²) in [6, 6.07) is 4.36. The Morgan fingerprint density at radius 2 is 2.06 bits per heavy atom. The van der Waals surface area contributed by atoms with Crippen LogP contribution in [0.3, 0.4) is 0 Å². The highest BCUT2D eigenvalue weighted by molar-refractivity contribution is 9.11. The number of thiophene rings is 1. The summed E-state index contributed by atoms with van der Waals surface area (Å²) in [5, 5.41) is 3.41. The van der Waals surface area contributed by atoms with Crippen LogP contribution in [0.4, 0.5) is 0 Å². The quantitative estimate of drug-likeness (QED) is 0.687. The van der Waals surface area contributed by atoms with Crippen LogP contribution in [0.2, 0.25) is 0 Å². The maximum absolute atomic E-state index is 5.02. The molecule has 104 valence electrons. The lowest BCUT2D eigenvalue weighted by molar-refractivity contribution is 0.197. The average molecular weight is 334 g/mol. The number of rotatable bonds is 9. The Bertz CT molecular complexity index is 338. The molecule has 0 fully saturated rings. The van der Waals surface area contributed by atoms with E-state index in [2.05, 4.69) is 47.2 Å². The Hall–Kier alpha value is 0.1000. The van der Waals surface area contributed by atoms with Gasteiger partial charge in [-0.2, -0.15) is 0 Å². The van der Waals surface area contributed by atoms with Crippen molar-refractivity contribution in [3.8, 4) is 0 Å². The lowest BCUT2D eigenvalue weighted by Gasteiger charge is -2.24. The zero-order chi connectivity index (χ0) is 13.4. The number of nitrogens with one attached hydrogen (secondary N) is 1. The molecule has 0 radical (unpaired) electrons. The largest absolute Gasteiger partial charge is 0.383 e. The van der Waals surface area contributed by atoms with Crippen molar-refractivity contribution in [1.29, 1.82) is 0 Å². The normalized spacial score (nSPS) is 12.0. The van der Waals surface area contributed by atoms with E-state index in [4.69, 9.17) is 4.74 Å². The third kappa shape index (κ3) is 6.88. The number of aryl methyl sites for hydroxylation is 1. The van der Waals surface area contributed by atoms with Crippen molar-refractivity contribution in [3.63, 3.8) is 0 Å². The van der Waals surface area contributed by atoms with Crippen molar-refractivity contribution in [2.75, 3.05) is 26.8 Å². The van der Waals surface area contributed by atoms with Crippen molar-refractivity contribution < 1.29 is 4.74 Å². The average Bonchev–Trinajstić information content (AvgIpc) is 2.73. The van der Waals surface area contributed by atoms with Crippen LogP contribution < -0.4 is 5.32 Å². The van der Waals surface area contributed by atoms with Gasteiger partial charge in [0.1, 0.15) is 0 Å². The molecule has 0 aliphatic heterocycles. The van der Waals surface area contributed by atoms with E-state index in [1.807, 2.05) is 11.3 Å². The summed E-state index contributed by atoms with van der Waals surface area (Å²) in [7, 11) is 1.74. The molecule has 0 aliphatic rings. The fourth-order valence-electron chi connectivity index (χ4n) is 1.80. The van der Waals surface area contributed by atoms with Gasteiger partial charge >= 0.3 is 0 Å². The molecule has 0 atom stereocenters. The molecular weight excluding hydrogens is 310 g/mol. The van der Waals surface area contributed by atoms with Gasteiger partial charge in [0.2, 0.25) is 0 Å². The van der Waals surface area contributed by atoms with Gasteiger partial charge in [0.25, 0.3) is 0 Å². The summed E-state index contributed by atoms with van der Waals surface area (Å²) in [6.07, 6.45) is 3.64. The van der Waals surface area contributed by atoms with E-state index in [-0.39, 0.29) is 0 Å². The van der Waals surface area contributed by atoms with E-state index < -0.39 is 0 Å². The van der Waals surface area contributed by atoms with E-state index in [0.29, 0.717) is 5.41 Å². The van der Waals surface area contributed by atoms with Gasteiger partial charge in [-0.15, -0.1) is 11.3 Å². The first-order valence-electron chi connectivity index (χ1n) is 6.47. The first-order chi connectivity index (χ1) is 8.53. The number of ether oxygens (including phenoxy) is 1. The Morgan fingerprint density at radius 1 is 1.28 bits per heavy atom. The van der Waals surface area contributed by atoms with Crippen LogP contribution in [0.5, 0.6) is 0 Å². The zero-order valence-corrected chi connectivity index (χ0v) is 14.0. The monoisotopic (exact) mass is 333 g/mol. The third-order valence-corrected chi connectivity index (χ3v) is 4.82. The van der Waals surface area contributed by atoms with Gasteiger partial charge in [-0.25, -0.2) is 0 Å². The highest BCUT2D eigenvalue weighted by atomic mass is 79.9. The molecule has 1 heterocycles. The Balaban J connectivity index is 2.18. The molecule has 1 rings (SSSR count). The number of methoxy groups -OCH3 is 1. The van der Waals surface area contributed by atoms with Crippen LogP contribution in [-0.4, -0.2) is 26.8 Å². The summed E-state index contributed by atoms with van der Waals surface area (Å²) in [5.74, 6) is 0. The van der Waals surface area contributed by atoms with Gasteiger partial charge in [-0.1, -0.05) is 13.8 Å². The van der Waals surface area contributed by atoms with E-state index in [9.17, 15) is 0 Å². The molecule has 0 saturated heterocycles. The standard InChI is InChI=1S/C14H24BrNOS/c1-14(2,8-9-16-10-11-17-3)7-6-12-4-5-13(15)18-12/h4-5,16H,6-11H2,1-3H3. The van der Waals surface area contributed by atoms with Gasteiger partial charge in [-0.3, -0.25) is 0 Å². The van der Waals surface area contributed by atoms with Crippen molar-refractivity contribution in [1.82, 2.24) is 5.32 Å². The van der Waals surface area contributed by atoms with E-state index in [1.54, 1.807) is 7.11 Å². The van der Waals surface area contributed by atoms with Crippen LogP contribution in [-0.2, 0) is 11.2 Å². The molecule has 2 nitrogen and oxygen atoms in total. The van der Waals surface area contributed by atoms with Gasteiger partial charge in [0, 0.05) is 18.5 Å². The number of halogens is 1. The van der Waals surface area contributed by atoms with Gasteiger partial charge in [0.15, 0.2) is 0 Å². The van der Waals surface area contributed by atoms with Gasteiger partial charge < -0.3 is 10.1 Å². The minimum Gasteiger partial charge on any atom is -0.383 e. The molecule has 1 N–H and O–H groups in total. The molecule has 0 bridgehead atoms. The van der Waals surface area contributed by atoms with E-state index in [1.165, 1.54) is 27.9 Å². The third-order valence-electron chi connectivity index (χ3n) is 3.14. The number of hydrogen-bond donors (Lipinski definition) is 1. The molecule has 1 aromatic rings. The minimum atomic E-state index is 0.399. The molecule has 0 aromatic carbocycles. The highest BCUT2D eigenvalue weighted by Crippen LogP contribution is 2.29. The minimum absolute atomic E-state index is 0.399. The van der Waals surface area contributed by atoms with E-state index >= 15 is 0 Å². The molecule has 0 unspecified atom stereocenters. The summed E-state index contributed by atoms with van der Waals surface area (Å²) >= 11 is 5.36. The van der Waals surface area contributed by atoms with Crippen LogP contribution in [0, 0.1) is 5.41 Å². The summed E-state index contributed by atoms with van der Waals surface area (Å²) in [5.41, 5.74) is 0.399. The molecular formula is C14H24BrNOS. The SMILES string of the molecule is COCCNCCC(C)(C)CCc1ccc(Br)s1. The topological polar surface area (TPSA) is 21.3 Å². The Kier molecular flexibility index (Phi) is 7.46. The lowest BCUT2D eigenvalue weighted by atomic mass is 9.84. The summed E-state index contributed by atoms with van der Waals surface area (Å²) < 4.78 is 6.25. The molecule has 0 spiro atoms. The first kappa shape index (κ1) is 16.2. The van der Waals surface area contributed by atoms with Crippen LogP contribution in [0.1, 0.15) is 31.6 Å². The fraction of sp³-hybridized carbons (Fsp3) is 0.714. The fourth-order valence-corrected chi connectivity index (χ4v) is 3.28. The molecule has 0 aliphatic carbocycles. The second kappa shape index (κ2) is 8.31. The highest BCUT2D eigenvalue weighted by Gasteiger charge is 2.17. The maximum atomic E-state index is 5.02. The molecule has 1 aromatic heterocycles. The predicted octanol–water partition coefficient (Wildman–Crippen LogP) is 4.10. The molecule has 4 heteroatoms. The van der Waals surface area contributed by atoms with Crippen molar-refractivity contribution in [3.05, 3.63) is 20.8 Å². The molecule has 0 amide bonds. The molecule has 0 saturated carbocycles. The van der Waals surface area contributed by atoms with E-state index in [0.717, 1.165) is 19.7 Å². The first-order valence-corrected chi connectivity index (χ1v) is 8.08. The van der Waals surface area contributed by atoms with Crippen molar-refractivity contribution in [2.24, 2.45) is 5.41 Å². The van der Waals surface area contributed by atoms with Crippen molar-refractivity contribution in [2.45, 2.75) is 33.1 Å². The maximum Gasteiger partial charge on any atom is 0.0701 e. The summed E-state index contributed by atoms with van der Waals surface area (Å²) in [4.78, 5) is 1.47. The Morgan fingerprint density at radius 3 is 2.67 bits per heavy atom. The molecule has 18 heavy (non-hydrogen) atoms. The van der Waals surface area contributed by atoms with Crippen LogP contribution >= 0.6 is 27.3 Å². The van der Waals surface area contributed by atoms with Crippen LogP contribution in [0.25, 0.3) is 0 Å². The van der Waals surface area contributed by atoms with Crippen LogP contribution in [0.15, 0.2) is 15.9 Å². The summed E-state index contributed by atoms with van der Waals surface area (Å²) in [6.45, 7) is 7.53. The Labute approximate surface area is 123 Å². The predicted molar refractivity (Wildman–Crippen MR) is 83.5 cm³/mol. The second-order valence-corrected chi connectivity index (χ2v) is 7.91.